The Morgan fingerprint density at radius 3 is 2.32 bits per heavy atom. The molecule has 0 saturated carbocycles. The summed E-state index contributed by atoms with van der Waals surface area (Å²) in [6.45, 7) is 15.3. The van der Waals surface area contributed by atoms with Gasteiger partial charge >= 0.3 is 5.97 Å². The molecule has 128 valence electrons. The van der Waals surface area contributed by atoms with E-state index in [0.29, 0.717) is 19.4 Å². The molecule has 0 aromatic rings. The van der Waals surface area contributed by atoms with Gasteiger partial charge in [-0.1, -0.05) is 20.8 Å². The van der Waals surface area contributed by atoms with Crippen molar-refractivity contribution in [2.24, 2.45) is 0 Å². The van der Waals surface area contributed by atoms with E-state index in [2.05, 4.69) is 33.9 Å². The van der Waals surface area contributed by atoms with Gasteiger partial charge in [-0.25, -0.2) is 0 Å². The molecule has 2 aliphatic rings. The van der Waals surface area contributed by atoms with Gasteiger partial charge in [0.2, 0.25) is 0 Å². The third-order valence-corrected chi connectivity index (χ3v) is 9.39. The molecule has 0 bridgehead atoms. The lowest BCUT2D eigenvalue weighted by Gasteiger charge is -2.41. The van der Waals surface area contributed by atoms with Gasteiger partial charge in [0.25, 0.3) is 0 Å². The molecule has 22 heavy (non-hydrogen) atoms. The van der Waals surface area contributed by atoms with Crippen LogP contribution in [0.1, 0.15) is 47.5 Å². The topological polar surface area (TPSA) is 54.0 Å². The fourth-order valence-electron chi connectivity index (χ4n) is 2.56. The second kappa shape index (κ2) is 5.89. The first-order valence-electron chi connectivity index (χ1n) is 8.10. The highest BCUT2D eigenvalue weighted by atomic mass is 28.4. The van der Waals surface area contributed by atoms with E-state index in [-0.39, 0.29) is 29.3 Å². The van der Waals surface area contributed by atoms with Gasteiger partial charge in [0.1, 0.15) is 18.3 Å². The van der Waals surface area contributed by atoms with Crippen molar-refractivity contribution in [2.75, 3.05) is 6.61 Å². The molecule has 2 aliphatic heterocycles. The summed E-state index contributed by atoms with van der Waals surface area (Å²) in [7, 11) is -2.00. The fourth-order valence-corrected chi connectivity index (χ4v) is 3.90. The minimum absolute atomic E-state index is 0.0862. The van der Waals surface area contributed by atoms with Crippen molar-refractivity contribution < 1.29 is 23.4 Å². The summed E-state index contributed by atoms with van der Waals surface area (Å²) in [4.78, 5) is 11.5. The van der Waals surface area contributed by atoms with Gasteiger partial charge < -0.3 is 18.6 Å². The zero-order chi connectivity index (χ0) is 16.8. The Morgan fingerprint density at radius 2 is 1.91 bits per heavy atom. The summed E-state index contributed by atoms with van der Waals surface area (Å²) < 4.78 is 23.7. The van der Waals surface area contributed by atoms with Gasteiger partial charge in [0.15, 0.2) is 14.1 Å². The molecule has 0 radical (unpaired) electrons. The smallest absolute Gasteiger partial charge is 0.306 e. The van der Waals surface area contributed by atoms with E-state index < -0.39 is 14.1 Å². The summed E-state index contributed by atoms with van der Waals surface area (Å²) in [5, 5.41) is 0.0862. The lowest BCUT2D eigenvalue weighted by Crippen LogP contribution is -2.52. The van der Waals surface area contributed by atoms with Crippen molar-refractivity contribution in [1.29, 1.82) is 0 Å². The van der Waals surface area contributed by atoms with Crippen molar-refractivity contribution in [3.63, 3.8) is 0 Å². The molecule has 2 heterocycles. The van der Waals surface area contributed by atoms with Crippen LogP contribution in [-0.2, 0) is 23.4 Å². The quantitative estimate of drug-likeness (QED) is 0.585. The molecule has 2 rings (SSSR count). The Balaban J connectivity index is 2.17. The van der Waals surface area contributed by atoms with Crippen molar-refractivity contribution >= 4 is 14.3 Å². The molecule has 2 saturated heterocycles. The number of hydrogen-bond donors (Lipinski definition) is 0. The second-order valence-corrected chi connectivity index (χ2v) is 13.0. The Kier molecular flexibility index (Phi) is 4.80. The Morgan fingerprint density at radius 1 is 1.27 bits per heavy atom. The standard InChI is InChI=1S/C16H30O5Si/c1-15(2,3)22(6,7)21-14(11-8-9-13(17)19-11)12-10-18-16(4,5)20-12/h11-12,14H,8-10H2,1-7H3/t11-,12-,14+/m1/s1. The SMILES string of the molecule is CC1(C)OC[C@H]([C@@H](O[Si](C)(C)C(C)(C)C)[C@H]2CCC(=O)O2)O1. The molecule has 0 amide bonds. The Labute approximate surface area is 134 Å². The molecular weight excluding hydrogens is 300 g/mol. The summed E-state index contributed by atoms with van der Waals surface area (Å²) in [6, 6.07) is 0. The number of cyclic esters (lactones) is 1. The molecule has 0 aliphatic carbocycles. The van der Waals surface area contributed by atoms with Gasteiger partial charge in [-0.2, -0.15) is 0 Å². The second-order valence-electron chi connectivity index (χ2n) is 8.28. The first-order chi connectivity index (χ1) is 9.91. The van der Waals surface area contributed by atoms with Crippen LogP contribution in [0, 0.1) is 0 Å². The molecule has 2 fully saturated rings. The van der Waals surface area contributed by atoms with E-state index >= 15 is 0 Å². The van der Waals surface area contributed by atoms with Crippen LogP contribution in [0.25, 0.3) is 0 Å². The molecule has 5 nitrogen and oxygen atoms in total. The van der Waals surface area contributed by atoms with Crippen LogP contribution < -0.4 is 0 Å². The molecule has 0 aromatic carbocycles. The molecule has 3 atom stereocenters. The number of carbonyl (C=O) groups excluding carboxylic acids is 1. The van der Waals surface area contributed by atoms with Crippen LogP contribution in [0.15, 0.2) is 0 Å². The van der Waals surface area contributed by atoms with Crippen LogP contribution in [0.5, 0.6) is 0 Å². The predicted molar refractivity (Wildman–Crippen MR) is 86.1 cm³/mol. The van der Waals surface area contributed by atoms with Crippen LogP contribution in [0.2, 0.25) is 18.1 Å². The zero-order valence-corrected chi connectivity index (χ0v) is 15.9. The maximum absolute atomic E-state index is 11.5. The van der Waals surface area contributed by atoms with E-state index in [1.54, 1.807) is 0 Å². The van der Waals surface area contributed by atoms with Crippen LogP contribution in [0.4, 0.5) is 0 Å². The van der Waals surface area contributed by atoms with Crippen LogP contribution >= 0.6 is 0 Å². The first-order valence-corrected chi connectivity index (χ1v) is 11.0. The largest absolute Gasteiger partial charge is 0.460 e. The van der Waals surface area contributed by atoms with E-state index in [0.717, 1.165) is 0 Å². The third kappa shape index (κ3) is 3.90. The monoisotopic (exact) mass is 330 g/mol. The molecular formula is C16H30O5Si. The Hall–Kier alpha value is -0.433. The number of hydrogen-bond acceptors (Lipinski definition) is 5. The van der Waals surface area contributed by atoms with E-state index in [1.807, 2.05) is 13.8 Å². The van der Waals surface area contributed by atoms with Crippen LogP contribution in [0.3, 0.4) is 0 Å². The van der Waals surface area contributed by atoms with Crippen molar-refractivity contribution in [1.82, 2.24) is 0 Å². The summed E-state index contributed by atoms with van der Waals surface area (Å²) in [5.74, 6) is -0.755. The fraction of sp³-hybridized carbons (Fsp3) is 0.938. The van der Waals surface area contributed by atoms with Gasteiger partial charge in [0, 0.05) is 6.42 Å². The Bertz CT molecular complexity index is 427. The maximum Gasteiger partial charge on any atom is 0.306 e. The summed E-state index contributed by atoms with van der Waals surface area (Å²) in [5.41, 5.74) is 0. The zero-order valence-electron chi connectivity index (χ0n) is 14.9. The summed E-state index contributed by atoms with van der Waals surface area (Å²) >= 11 is 0. The lowest BCUT2D eigenvalue weighted by atomic mass is 10.1. The van der Waals surface area contributed by atoms with Crippen molar-refractivity contribution in [3.8, 4) is 0 Å². The molecule has 0 aromatic heterocycles. The normalized spacial score (nSPS) is 30.4. The highest BCUT2D eigenvalue weighted by Crippen LogP contribution is 2.40. The average molecular weight is 330 g/mol. The highest BCUT2D eigenvalue weighted by Gasteiger charge is 2.48. The minimum atomic E-state index is -2.00. The average Bonchev–Trinajstić information content (AvgIpc) is 2.91. The van der Waals surface area contributed by atoms with Gasteiger partial charge in [0.05, 0.1) is 6.61 Å². The molecule has 0 N–H and O–H groups in total. The number of rotatable bonds is 4. The lowest BCUT2D eigenvalue weighted by molar-refractivity contribution is -0.164. The molecule has 0 unspecified atom stereocenters. The highest BCUT2D eigenvalue weighted by molar-refractivity contribution is 6.74. The van der Waals surface area contributed by atoms with Crippen LogP contribution in [-0.4, -0.2) is 45.0 Å². The summed E-state index contributed by atoms with van der Waals surface area (Å²) in [6.07, 6.45) is 0.468. The molecule has 6 heteroatoms. The third-order valence-electron chi connectivity index (χ3n) is 4.92. The van der Waals surface area contributed by atoms with Gasteiger partial charge in [-0.05, 0) is 38.4 Å². The number of esters is 1. The van der Waals surface area contributed by atoms with Crippen molar-refractivity contribution in [2.45, 2.75) is 89.7 Å². The van der Waals surface area contributed by atoms with Gasteiger partial charge in [-0.15, -0.1) is 0 Å². The maximum atomic E-state index is 11.5. The molecule has 0 spiro atoms. The van der Waals surface area contributed by atoms with Crippen molar-refractivity contribution in [3.05, 3.63) is 0 Å². The van der Waals surface area contributed by atoms with E-state index in [4.69, 9.17) is 18.6 Å². The number of ether oxygens (including phenoxy) is 3. The first kappa shape index (κ1) is 17.9. The number of carbonyl (C=O) groups is 1. The van der Waals surface area contributed by atoms with E-state index in [1.165, 1.54) is 0 Å². The van der Waals surface area contributed by atoms with E-state index in [9.17, 15) is 4.79 Å². The minimum Gasteiger partial charge on any atom is -0.460 e. The van der Waals surface area contributed by atoms with Gasteiger partial charge in [-0.3, -0.25) is 4.79 Å². The predicted octanol–water partition coefficient (Wildman–Crippen LogP) is 3.23.